The molecule has 0 aliphatic rings. The summed E-state index contributed by atoms with van der Waals surface area (Å²) < 4.78 is 60.2. The minimum Gasteiger partial charge on any atom is -0.328 e. The molecule has 1 aromatic rings. The van der Waals surface area contributed by atoms with Gasteiger partial charge < -0.3 is 4.98 Å². The maximum atomic E-state index is 12.5. The highest BCUT2D eigenvalue weighted by molar-refractivity contribution is 5.19. The zero-order valence-corrected chi connectivity index (χ0v) is 6.36. The van der Waals surface area contributed by atoms with E-state index < -0.39 is 23.6 Å². The van der Waals surface area contributed by atoms with Crippen molar-refractivity contribution in [3.8, 4) is 6.07 Å². The lowest BCUT2D eigenvalue weighted by Crippen LogP contribution is -2.34. The Kier molecular flexibility index (Phi) is 2.19. The van der Waals surface area contributed by atoms with Crippen LogP contribution >= 0.6 is 0 Å². The summed E-state index contributed by atoms with van der Waals surface area (Å²) in [5, 5.41) is 8.17. The van der Waals surface area contributed by atoms with Crippen molar-refractivity contribution in [2.75, 3.05) is 0 Å². The third-order valence-corrected chi connectivity index (χ3v) is 1.35. The summed E-state index contributed by atoms with van der Waals surface area (Å²) in [6.45, 7) is 0. The number of alkyl halides is 5. The molecule has 76 valence electrons. The van der Waals surface area contributed by atoms with Crippen molar-refractivity contribution in [3.63, 3.8) is 0 Å². The molecule has 3 nitrogen and oxygen atoms in total. The zero-order chi connectivity index (χ0) is 11.0. The lowest BCUT2D eigenvalue weighted by molar-refractivity contribution is -0.292. The van der Waals surface area contributed by atoms with Crippen molar-refractivity contribution in [2.45, 2.75) is 12.1 Å². The van der Waals surface area contributed by atoms with Crippen molar-refractivity contribution in [2.24, 2.45) is 0 Å². The van der Waals surface area contributed by atoms with Crippen molar-refractivity contribution in [1.82, 2.24) is 9.97 Å². The largest absolute Gasteiger partial charge is 0.461 e. The SMILES string of the molecule is N#Cc1cnc(C(F)(F)C(F)(F)F)[nH]1. The fourth-order valence-electron chi connectivity index (χ4n) is 0.672. The monoisotopic (exact) mass is 211 g/mol. The fourth-order valence-corrected chi connectivity index (χ4v) is 0.672. The average Bonchev–Trinajstić information content (AvgIpc) is 2.49. The molecule has 1 N–H and O–H groups in total. The molecular formula is C6H2F5N3. The Morgan fingerprint density at radius 1 is 1.29 bits per heavy atom. The van der Waals surface area contributed by atoms with E-state index in [1.807, 2.05) is 0 Å². The Labute approximate surface area is 74.2 Å². The molecule has 1 aromatic heterocycles. The molecule has 0 radical (unpaired) electrons. The number of H-pyrrole nitrogens is 1. The zero-order valence-electron chi connectivity index (χ0n) is 6.36. The summed E-state index contributed by atoms with van der Waals surface area (Å²) in [5.41, 5.74) is -0.455. The average molecular weight is 211 g/mol. The number of aromatic amines is 1. The highest BCUT2D eigenvalue weighted by atomic mass is 19.4. The molecule has 0 aliphatic carbocycles. The number of hydrogen-bond donors (Lipinski definition) is 1. The molecule has 1 rings (SSSR count). The van der Waals surface area contributed by atoms with Crippen LogP contribution in [-0.4, -0.2) is 16.1 Å². The van der Waals surface area contributed by atoms with Gasteiger partial charge in [-0.1, -0.05) is 0 Å². The number of imidazole rings is 1. The lowest BCUT2D eigenvalue weighted by atomic mass is 10.3. The molecule has 0 spiro atoms. The van der Waals surface area contributed by atoms with Gasteiger partial charge in [-0.05, 0) is 0 Å². The second-order valence-electron chi connectivity index (χ2n) is 2.33. The molecule has 0 amide bonds. The van der Waals surface area contributed by atoms with Gasteiger partial charge in [0.1, 0.15) is 11.8 Å². The van der Waals surface area contributed by atoms with Gasteiger partial charge in [0.15, 0.2) is 5.82 Å². The van der Waals surface area contributed by atoms with E-state index in [0.29, 0.717) is 6.20 Å². The Morgan fingerprint density at radius 2 is 1.86 bits per heavy atom. The summed E-state index contributed by atoms with van der Waals surface area (Å²) in [7, 11) is 0. The third kappa shape index (κ3) is 1.53. The van der Waals surface area contributed by atoms with Crippen LogP contribution in [-0.2, 0) is 5.92 Å². The number of halogens is 5. The van der Waals surface area contributed by atoms with Crippen LogP contribution in [0.5, 0.6) is 0 Å². The number of nitriles is 1. The van der Waals surface area contributed by atoms with Gasteiger partial charge in [-0.25, -0.2) is 4.98 Å². The van der Waals surface area contributed by atoms with Gasteiger partial charge in [0.05, 0.1) is 6.20 Å². The molecule has 0 atom stereocenters. The summed E-state index contributed by atoms with van der Waals surface area (Å²) >= 11 is 0. The summed E-state index contributed by atoms with van der Waals surface area (Å²) in [4.78, 5) is 4.34. The molecule has 0 unspecified atom stereocenters. The smallest absolute Gasteiger partial charge is 0.328 e. The number of hydrogen-bond acceptors (Lipinski definition) is 2. The van der Waals surface area contributed by atoms with Crippen LogP contribution in [0, 0.1) is 11.3 Å². The van der Waals surface area contributed by atoms with Gasteiger partial charge >= 0.3 is 12.1 Å². The molecule has 0 fully saturated rings. The van der Waals surface area contributed by atoms with E-state index in [1.54, 1.807) is 4.98 Å². The number of aromatic nitrogens is 2. The third-order valence-electron chi connectivity index (χ3n) is 1.35. The maximum absolute atomic E-state index is 12.5. The van der Waals surface area contributed by atoms with Crippen molar-refractivity contribution >= 4 is 0 Å². The Hall–Kier alpha value is -1.65. The first kappa shape index (κ1) is 10.4. The van der Waals surface area contributed by atoms with E-state index in [2.05, 4.69) is 4.98 Å². The van der Waals surface area contributed by atoms with E-state index in [-0.39, 0.29) is 0 Å². The second kappa shape index (κ2) is 2.94. The van der Waals surface area contributed by atoms with Crippen LogP contribution < -0.4 is 0 Å². The molecule has 0 bridgehead atoms. The predicted octanol–water partition coefficient (Wildman–Crippen LogP) is 1.94. The van der Waals surface area contributed by atoms with E-state index in [4.69, 9.17) is 5.26 Å². The Morgan fingerprint density at radius 3 is 2.21 bits per heavy atom. The van der Waals surface area contributed by atoms with Gasteiger partial charge in [0.2, 0.25) is 0 Å². The first-order valence-corrected chi connectivity index (χ1v) is 3.19. The van der Waals surface area contributed by atoms with E-state index in [9.17, 15) is 22.0 Å². The van der Waals surface area contributed by atoms with Gasteiger partial charge in [0.25, 0.3) is 0 Å². The fraction of sp³-hybridized carbons (Fsp3) is 0.333. The molecule has 0 saturated heterocycles. The lowest BCUT2D eigenvalue weighted by Gasteiger charge is -2.16. The van der Waals surface area contributed by atoms with Gasteiger partial charge in [-0.3, -0.25) is 0 Å². The van der Waals surface area contributed by atoms with E-state index in [1.165, 1.54) is 6.07 Å². The normalized spacial score (nSPS) is 12.6. The number of nitrogens with zero attached hydrogens (tertiary/aromatic N) is 2. The van der Waals surface area contributed by atoms with Crippen LogP contribution in [0.1, 0.15) is 11.5 Å². The topological polar surface area (TPSA) is 52.5 Å². The first-order chi connectivity index (χ1) is 6.29. The Balaban J connectivity index is 3.11. The molecule has 1 heterocycles. The number of rotatable bonds is 1. The minimum atomic E-state index is -5.72. The highest BCUT2D eigenvalue weighted by Gasteiger charge is 2.61. The standard InChI is InChI=1S/C6H2F5N3/c7-5(8,6(9,10)11)4-13-2-3(1-12)14-4/h2H,(H,13,14). The van der Waals surface area contributed by atoms with Crippen molar-refractivity contribution in [1.29, 1.82) is 5.26 Å². The quantitative estimate of drug-likeness (QED) is 0.721. The van der Waals surface area contributed by atoms with Crippen LogP contribution in [0.3, 0.4) is 0 Å². The maximum Gasteiger partial charge on any atom is 0.461 e. The number of nitrogens with one attached hydrogen (secondary N) is 1. The van der Waals surface area contributed by atoms with Crippen LogP contribution in [0.2, 0.25) is 0 Å². The molecule has 8 heteroatoms. The van der Waals surface area contributed by atoms with Gasteiger partial charge in [0, 0.05) is 0 Å². The van der Waals surface area contributed by atoms with E-state index >= 15 is 0 Å². The van der Waals surface area contributed by atoms with Gasteiger partial charge in [-0.15, -0.1) is 0 Å². The van der Waals surface area contributed by atoms with E-state index in [0.717, 1.165) is 0 Å². The second-order valence-corrected chi connectivity index (χ2v) is 2.33. The predicted molar refractivity (Wildman–Crippen MR) is 33.3 cm³/mol. The molecule has 0 aliphatic heterocycles. The van der Waals surface area contributed by atoms with Crippen molar-refractivity contribution in [3.05, 3.63) is 17.7 Å². The molecule has 14 heavy (non-hydrogen) atoms. The molecule has 0 aromatic carbocycles. The summed E-state index contributed by atoms with van der Waals surface area (Å²) in [6, 6.07) is 1.35. The van der Waals surface area contributed by atoms with Crippen LogP contribution in [0.15, 0.2) is 6.20 Å². The van der Waals surface area contributed by atoms with Crippen molar-refractivity contribution < 1.29 is 22.0 Å². The highest BCUT2D eigenvalue weighted by Crippen LogP contribution is 2.42. The van der Waals surface area contributed by atoms with Crippen LogP contribution in [0.4, 0.5) is 22.0 Å². The van der Waals surface area contributed by atoms with Gasteiger partial charge in [-0.2, -0.15) is 27.2 Å². The summed E-state index contributed by atoms with van der Waals surface area (Å²) in [5.74, 6) is -6.65. The first-order valence-electron chi connectivity index (χ1n) is 3.19. The molecule has 0 saturated carbocycles. The van der Waals surface area contributed by atoms with Crippen LogP contribution in [0.25, 0.3) is 0 Å². The molecular weight excluding hydrogens is 209 g/mol. The summed E-state index contributed by atoms with van der Waals surface area (Å²) in [6.07, 6.45) is -5.12. The Bertz CT molecular complexity index is 372. The minimum absolute atomic E-state index is 0.455.